The minimum absolute atomic E-state index is 0.150. The van der Waals surface area contributed by atoms with Crippen molar-refractivity contribution in [2.75, 3.05) is 49.6 Å². The minimum Gasteiger partial charge on any atom is -0.368 e. The van der Waals surface area contributed by atoms with E-state index in [1.54, 1.807) is 0 Å². The number of para-hydroxylation sites is 1. The Hall–Kier alpha value is -2.17. The summed E-state index contributed by atoms with van der Waals surface area (Å²) in [5.41, 5.74) is 4.87. The first kappa shape index (κ1) is 19.2. The Balaban J connectivity index is 1.59. The van der Waals surface area contributed by atoms with E-state index >= 15 is 0 Å². The molecule has 2 aromatic carbocycles. The molecule has 4 nitrogen and oxygen atoms in total. The lowest BCUT2D eigenvalue weighted by molar-refractivity contribution is 0.313. The molecule has 0 aromatic heterocycles. The molecule has 2 aliphatic heterocycles. The molecule has 0 bridgehead atoms. The summed E-state index contributed by atoms with van der Waals surface area (Å²) in [6.07, 6.45) is 2.31. The summed E-state index contributed by atoms with van der Waals surface area (Å²) in [5.74, 6) is 0. The zero-order valence-corrected chi connectivity index (χ0v) is 17.7. The Morgan fingerprint density at radius 1 is 0.964 bits per heavy atom. The van der Waals surface area contributed by atoms with Crippen molar-refractivity contribution < 1.29 is 0 Å². The van der Waals surface area contributed by atoms with Gasteiger partial charge in [-0.3, -0.25) is 0 Å². The standard InChI is InChI=1S/C23H29ClN4/c1-23(2)25-20(17-28(23)21-10-8-19(24)9-11-21)16-18-6-4-5-7-22(18)27-14-12-26(3)13-15-27/h4-11,16,25H,12-15,17H2,1-3H3. The summed E-state index contributed by atoms with van der Waals surface area (Å²) in [5, 5.41) is 4.48. The van der Waals surface area contributed by atoms with Crippen LogP contribution >= 0.6 is 11.6 Å². The third kappa shape index (κ3) is 3.98. The summed E-state index contributed by atoms with van der Waals surface area (Å²) in [6.45, 7) is 9.66. The highest BCUT2D eigenvalue weighted by Gasteiger charge is 2.34. The second kappa shape index (κ2) is 7.69. The fourth-order valence-corrected chi connectivity index (χ4v) is 4.24. The molecule has 0 saturated carbocycles. The maximum absolute atomic E-state index is 6.07. The number of likely N-dealkylation sites (N-methyl/N-ethyl adjacent to an activating group) is 1. The minimum atomic E-state index is -0.150. The number of rotatable bonds is 3. The molecule has 0 aliphatic carbocycles. The second-order valence-corrected chi connectivity index (χ2v) is 8.70. The number of nitrogens with one attached hydrogen (secondary N) is 1. The van der Waals surface area contributed by atoms with E-state index in [0.29, 0.717) is 0 Å². The predicted molar refractivity (Wildman–Crippen MR) is 120 cm³/mol. The average molecular weight is 397 g/mol. The summed E-state index contributed by atoms with van der Waals surface area (Å²) in [4.78, 5) is 7.28. The number of anilines is 2. The van der Waals surface area contributed by atoms with Gasteiger partial charge in [-0.1, -0.05) is 29.8 Å². The van der Waals surface area contributed by atoms with Gasteiger partial charge >= 0.3 is 0 Å². The summed E-state index contributed by atoms with van der Waals surface area (Å²) in [6, 6.07) is 16.8. The van der Waals surface area contributed by atoms with Crippen LogP contribution in [0.1, 0.15) is 19.4 Å². The van der Waals surface area contributed by atoms with Gasteiger partial charge in [0.15, 0.2) is 0 Å². The van der Waals surface area contributed by atoms with Gasteiger partial charge in [-0.15, -0.1) is 0 Å². The number of halogens is 1. The van der Waals surface area contributed by atoms with Crippen molar-refractivity contribution >= 4 is 29.1 Å². The number of nitrogens with zero attached hydrogens (tertiary/aromatic N) is 3. The van der Waals surface area contributed by atoms with Crippen LogP contribution in [0.25, 0.3) is 6.08 Å². The lowest BCUT2D eigenvalue weighted by Gasteiger charge is -2.35. The second-order valence-electron chi connectivity index (χ2n) is 8.27. The Morgan fingerprint density at radius 3 is 2.36 bits per heavy atom. The maximum Gasteiger partial charge on any atom is 0.105 e. The van der Waals surface area contributed by atoms with E-state index in [4.69, 9.17) is 11.6 Å². The van der Waals surface area contributed by atoms with Crippen LogP contribution in [-0.4, -0.2) is 50.3 Å². The van der Waals surface area contributed by atoms with Gasteiger partial charge < -0.3 is 20.0 Å². The van der Waals surface area contributed by atoms with Crippen LogP contribution in [0.15, 0.2) is 54.2 Å². The van der Waals surface area contributed by atoms with Crippen LogP contribution < -0.4 is 15.1 Å². The molecule has 2 aromatic rings. The molecule has 1 N–H and O–H groups in total. The third-order valence-electron chi connectivity index (χ3n) is 5.72. The van der Waals surface area contributed by atoms with E-state index in [9.17, 15) is 0 Å². The highest BCUT2D eigenvalue weighted by molar-refractivity contribution is 6.30. The van der Waals surface area contributed by atoms with Crippen molar-refractivity contribution in [2.24, 2.45) is 0 Å². The van der Waals surface area contributed by atoms with Gasteiger partial charge in [-0.2, -0.15) is 0 Å². The van der Waals surface area contributed by atoms with Gasteiger partial charge in [0.05, 0.1) is 6.54 Å². The molecule has 2 heterocycles. The van der Waals surface area contributed by atoms with E-state index in [1.165, 1.54) is 22.6 Å². The molecular weight excluding hydrogens is 368 g/mol. The van der Waals surface area contributed by atoms with Crippen molar-refractivity contribution in [3.8, 4) is 0 Å². The summed E-state index contributed by atoms with van der Waals surface area (Å²) < 4.78 is 0. The van der Waals surface area contributed by atoms with Crippen molar-refractivity contribution in [2.45, 2.75) is 19.5 Å². The number of hydrogen-bond donors (Lipinski definition) is 1. The highest BCUT2D eigenvalue weighted by Crippen LogP contribution is 2.32. The Labute approximate surface area is 173 Å². The maximum atomic E-state index is 6.07. The zero-order chi connectivity index (χ0) is 19.7. The highest BCUT2D eigenvalue weighted by atomic mass is 35.5. The molecule has 0 unspecified atom stereocenters. The fraction of sp³-hybridized carbons (Fsp3) is 0.391. The van der Waals surface area contributed by atoms with Crippen LogP contribution in [0.3, 0.4) is 0 Å². The van der Waals surface area contributed by atoms with Crippen molar-refractivity contribution in [1.29, 1.82) is 0 Å². The van der Waals surface area contributed by atoms with Crippen LogP contribution in [0.4, 0.5) is 11.4 Å². The third-order valence-corrected chi connectivity index (χ3v) is 5.97. The number of benzene rings is 2. The molecule has 0 atom stereocenters. The fourth-order valence-electron chi connectivity index (χ4n) is 4.12. The van der Waals surface area contributed by atoms with E-state index in [1.807, 2.05) is 12.1 Å². The lowest BCUT2D eigenvalue weighted by Crippen LogP contribution is -2.45. The van der Waals surface area contributed by atoms with E-state index in [-0.39, 0.29) is 5.66 Å². The molecule has 0 spiro atoms. The molecule has 0 amide bonds. The largest absolute Gasteiger partial charge is 0.368 e. The van der Waals surface area contributed by atoms with E-state index < -0.39 is 0 Å². The molecule has 2 fully saturated rings. The van der Waals surface area contributed by atoms with Crippen LogP contribution in [0.5, 0.6) is 0 Å². The van der Waals surface area contributed by atoms with Gasteiger partial charge in [0.25, 0.3) is 0 Å². The molecule has 4 rings (SSSR count). The molecule has 5 heteroatoms. The summed E-state index contributed by atoms with van der Waals surface area (Å²) >= 11 is 6.07. The van der Waals surface area contributed by atoms with Gasteiger partial charge in [0.1, 0.15) is 5.66 Å². The summed E-state index contributed by atoms with van der Waals surface area (Å²) in [7, 11) is 2.20. The Bertz CT molecular complexity index is 851. The lowest BCUT2D eigenvalue weighted by atomic mass is 10.1. The first-order chi connectivity index (χ1) is 13.4. The van der Waals surface area contributed by atoms with Gasteiger partial charge in [0, 0.05) is 48.3 Å². The van der Waals surface area contributed by atoms with Gasteiger partial charge in [-0.05, 0) is 62.9 Å². The van der Waals surface area contributed by atoms with Crippen molar-refractivity contribution in [3.05, 3.63) is 64.8 Å². The topological polar surface area (TPSA) is 21.8 Å². The van der Waals surface area contributed by atoms with Crippen molar-refractivity contribution in [3.63, 3.8) is 0 Å². The predicted octanol–water partition coefficient (Wildman–Crippen LogP) is 4.28. The molecule has 28 heavy (non-hydrogen) atoms. The van der Waals surface area contributed by atoms with Crippen LogP contribution in [-0.2, 0) is 0 Å². The van der Waals surface area contributed by atoms with Crippen molar-refractivity contribution in [1.82, 2.24) is 10.2 Å². The Morgan fingerprint density at radius 2 is 1.64 bits per heavy atom. The first-order valence-electron chi connectivity index (χ1n) is 9.97. The van der Waals surface area contributed by atoms with Gasteiger partial charge in [-0.25, -0.2) is 0 Å². The molecular formula is C23H29ClN4. The number of hydrogen-bond acceptors (Lipinski definition) is 4. The van der Waals surface area contributed by atoms with Crippen LogP contribution in [0.2, 0.25) is 5.02 Å². The van der Waals surface area contributed by atoms with E-state index in [0.717, 1.165) is 37.7 Å². The molecule has 0 radical (unpaired) electrons. The smallest absolute Gasteiger partial charge is 0.105 e. The van der Waals surface area contributed by atoms with Crippen LogP contribution in [0, 0.1) is 0 Å². The average Bonchev–Trinajstić information content (AvgIpc) is 2.97. The van der Waals surface area contributed by atoms with E-state index in [2.05, 4.69) is 83.4 Å². The SMILES string of the molecule is CN1CCN(c2ccccc2C=C2CN(c3ccc(Cl)cc3)C(C)(C)N2)CC1. The first-order valence-corrected chi connectivity index (χ1v) is 10.3. The van der Waals surface area contributed by atoms with Gasteiger partial charge in [0.2, 0.25) is 0 Å². The zero-order valence-electron chi connectivity index (χ0n) is 17.0. The molecule has 2 aliphatic rings. The quantitative estimate of drug-likeness (QED) is 0.835. The molecule has 148 valence electrons. The monoisotopic (exact) mass is 396 g/mol. The Kier molecular flexibility index (Phi) is 5.26. The normalized spacial score (nSPS) is 21.2. The molecule has 2 saturated heterocycles. The number of piperazine rings is 1.